The predicted molar refractivity (Wildman–Crippen MR) is 124 cm³/mol. The first-order valence-corrected chi connectivity index (χ1v) is 11.0. The average molecular weight is 439 g/mol. The Kier molecular flexibility index (Phi) is 6.77. The van der Waals surface area contributed by atoms with Crippen LogP contribution < -0.4 is 15.0 Å². The second-order valence-corrected chi connectivity index (χ2v) is 8.29. The molecule has 2 aromatic carbocycles. The van der Waals surface area contributed by atoms with Gasteiger partial charge in [-0.15, -0.1) is 0 Å². The molecule has 162 valence electrons. The van der Waals surface area contributed by atoms with E-state index in [4.69, 9.17) is 16.3 Å². The minimum atomic E-state index is 0.0820. The first kappa shape index (κ1) is 21.2. The van der Waals surface area contributed by atoms with Crippen molar-refractivity contribution in [1.82, 2.24) is 15.5 Å². The molecule has 3 aromatic rings. The van der Waals surface area contributed by atoms with Gasteiger partial charge in [-0.25, -0.2) is 0 Å². The Balaban J connectivity index is 1.31. The summed E-state index contributed by atoms with van der Waals surface area (Å²) in [4.78, 5) is 14.7. The van der Waals surface area contributed by atoms with Gasteiger partial charge in [0.15, 0.2) is 5.82 Å². The minimum absolute atomic E-state index is 0.0820. The van der Waals surface area contributed by atoms with E-state index in [2.05, 4.69) is 26.5 Å². The molecule has 7 heteroatoms. The predicted octanol–water partition coefficient (Wildman–Crippen LogP) is 4.46. The van der Waals surface area contributed by atoms with E-state index in [9.17, 15) is 4.79 Å². The number of rotatable bonds is 7. The molecule has 0 radical (unpaired) electrons. The molecule has 1 amide bonds. The van der Waals surface area contributed by atoms with Crippen molar-refractivity contribution in [3.8, 4) is 17.0 Å². The fourth-order valence-electron chi connectivity index (χ4n) is 3.94. The van der Waals surface area contributed by atoms with E-state index in [0.717, 1.165) is 54.3 Å². The number of halogens is 1. The summed E-state index contributed by atoms with van der Waals surface area (Å²) < 4.78 is 5.25. The highest BCUT2D eigenvalue weighted by Gasteiger charge is 2.23. The van der Waals surface area contributed by atoms with Gasteiger partial charge in [-0.1, -0.05) is 35.9 Å². The van der Waals surface area contributed by atoms with Crippen molar-refractivity contribution >= 4 is 23.3 Å². The number of piperidine rings is 1. The van der Waals surface area contributed by atoms with E-state index in [1.54, 1.807) is 7.11 Å². The minimum Gasteiger partial charge on any atom is -0.497 e. The van der Waals surface area contributed by atoms with E-state index >= 15 is 0 Å². The first-order chi connectivity index (χ1) is 15.1. The van der Waals surface area contributed by atoms with Crippen LogP contribution in [0, 0.1) is 0 Å². The Morgan fingerprint density at radius 1 is 1.26 bits per heavy atom. The van der Waals surface area contributed by atoms with Crippen molar-refractivity contribution in [2.24, 2.45) is 0 Å². The highest BCUT2D eigenvalue weighted by atomic mass is 35.5. The Bertz CT molecular complexity index is 1020. The molecule has 2 heterocycles. The largest absolute Gasteiger partial charge is 0.497 e. The topological polar surface area (TPSA) is 70.2 Å². The molecule has 0 unspecified atom stereocenters. The van der Waals surface area contributed by atoms with Crippen LogP contribution in [0.15, 0.2) is 54.6 Å². The number of aryl methyl sites for hydroxylation is 1. The van der Waals surface area contributed by atoms with Crippen LogP contribution in [0.2, 0.25) is 5.02 Å². The molecule has 1 fully saturated rings. The number of H-pyrrole nitrogens is 1. The highest BCUT2D eigenvalue weighted by Crippen LogP contribution is 2.25. The summed E-state index contributed by atoms with van der Waals surface area (Å²) in [5.74, 6) is 1.80. The number of methoxy groups -OCH3 is 1. The number of hydrogen-bond acceptors (Lipinski definition) is 4. The van der Waals surface area contributed by atoms with Gasteiger partial charge in [-0.05, 0) is 54.7 Å². The maximum absolute atomic E-state index is 12.5. The van der Waals surface area contributed by atoms with Crippen LogP contribution in [0.4, 0.5) is 5.82 Å². The second kappa shape index (κ2) is 9.88. The molecule has 0 saturated carbocycles. The van der Waals surface area contributed by atoms with Crippen molar-refractivity contribution < 1.29 is 9.53 Å². The zero-order valence-corrected chi connectivity index (χ0v) is 18.4. The molecular formula is C24H27ClN4O2. The normalized spacial score (nSPS) is 16.2. The van der Waals surface area contributed by atoms with Crippen molar-refractivity contribution in [1.29, 1.82) is 0 Å². The summed E-state index contributed by atoms with van der Waals surface area (Å²) in [6.45, 7) is 1.69. The SMILES string of the molecule is COc1cccc(CCC(=O)N[C@H]2CCCN(c3cc(-c4ccc(Cl)cc4)[nH]n3)C2)c1. The van der Waals surface area contributed by atoms with E-state index < -0.39 is 0 Å². The van der Waals surface area contributed by atoms with Crippen LogP contribution in [-0.2, 0) is 11.2 Å². The third kappa shape index (κ3) is 5.58. The highest BCUT2D eigenvalue weighted by molar-refractivity contribution is 6.30. The van der Waals surface area contributed by atoms with Crippen LogP contribution >= 0.6 is 11.6 Å². The number of hydrogen-bond donors (Lipinski definition) is 2. The molecular weight excluding hydrogens is 412 g/mol. The van der Waals surface area contributed by atoms with Gasteiger partial charge in [0.25, 0.3) is 0 Å². The van der Waals surface area contributed by atoms with Crippen LogP contribution in [0.3, 0.4) is 0 Å². The van der Waals surface area contributed by atoms with Crippen molar-refractivity contribution in [3.63, 3.8) is 0 Å². The summed E-state index contributed by atoms with van der Waals surface area (Å²) >= 11 is 5.98. The number of anilines is 1. The van der Waals surface area contributed by atoms with Crippen molar-refractivity contribution in [2.75, 3.05) is 25.1 Å². The number of amides is 1. The summed E-state index contributed by atoms with van der Waals surface area (Å²) in [6.07, 6.45) is 3.16. The summed E-state index contributed by atoms with van der Waals surface area (Å²) in [5.41, 5.74) is 3.10. The zero-order valence-electron chi connectivity index (χ0n) is 17.6. The number of aromatic amines is 1. The fourth-order valence-corrected chi connectivity index (χ4v) is 4.07. The molecule has 2 N–H and O–H groups in total. The number of benzene rings is 2. The molecule has 1 saturated heterocycles. The molecule has 6 nitrogen and oxygen atoms in total. The fraction of sp³-hybridized carbons (Fsp3) is 0.333. The lowest BCUT2D eigenvalue weighted by Crippen LogP contribution is -2.48. The Morgan fingerprint density at radius 3 is 2.90 bits per heavy atom. The maximum Gasteiger partial charge on any atom is 0.220 e. The molecule has 31 heavy (non-hydrogen) atoms. The molecule has 1 aromatic heterocycles. The van der Waals surface area contributed by atoms with Gasteiger partial charge in [-0.2, -0.15) is 5.10 Å². The van der Waals surface area contributed by atoms with Gasteiger partial charge in [0, 0.05) is 36.6 Å². The van der Waals surface area contributed by atoms with Gasteiger partial charge < -0.3 is 15.0 Å². The second-order valence-electron chi connectivity index (χ2n) is 7.85. The Morgan fingerprint density at radius 2 is 2.10 bits per heavy atom. The number of carbonyl (C=O) groups is 1. The third-order valence-electron chi connectivity index (χ3n) is 5.60. The van der Waals surface area contributed by atoms with Crippen molar-refractivity contribution in [3.05, 3.63) is 65.2 Å². The molecule has 1 aliphatic rings. The molecule has 0 spiro atoms. The maximum atomic E-state index is 12.5. The lowest BCUT2D eigenvalue weighted by molar-refractivity contribution is -0.121. The zero-order chi connectivity index (χ0) is 21.6. The monoisotopic (exact) mass is 438 g/mol. The van der Waals surface area contributed by atoms with Gasteiger partial charge in [0.05, 0.1) is 12.8 Å². The quantitative estimate of drug-likeness (QED) is 0.571. The average Bonchev–Trinajstić information content (AvgIpc) is 3.29. The number of ether oxygens (including phenoxy) is 1. The molecule has 0 bridgehead atoms. The summed E-state index contributed by atoms with van der Waals surface area (Å²) in [6, 6.07) is 17.7. The van der Waals surface area contributed by atoms with Crippen LogP contribution in [-0.4, -0.2) is 42.3 Å². The van der Waals surface area contributed by atoms with E-state index in [-0.39, 0.29) is 11.9 Å². The number of nitrogens with one attached hydrogen (secondary N) is 2. The lowest BCUT2D eigenvalue weighted by atomic mass is 10.0. The van der Waals surface area contributed by atoms with E-state index in [1.165, 1.54) is 0 Å². The standard InChI is InChI=1S/C24H27ClN4O2/c1-31-21-6-2-4-17(14-21)7-12-24(30)26-20-5-3-13-29(16-20)23-15-22(27-28-23)18-8-10-19(25)11-9-18/h2,4,6,8-11,14-15,20H,3,5,7,12-13,16H2,1H3,(H,26,30)(H,27,28)/t20-/m0/s1. The molecule has 4 rings (SSSR count). The lowest BCUT2D eigenvalue weighted by Gasteiger charge is -2.33. The van der Waals surface area contributed by atoms with Gasteiger partial charge in [0.1, 0.15) is 5.75 Å². The molecule has 0 aliphatic carbocycles. The third-order valence-corrected chi connectivity index (χ3v) is 5.86. The number of aromatic nitrogens is 2. The molecule has 1 aliphatic heterocycles. The Labute approximate surface area is 187 Å². The van der Waals surface area contributed by atoms with Gasteiger partial charge in [0.2, 0.25) is 5.91 Å². The van der Waals surface area contributed by atoms with E-state index in [1.807, 2.05) is 48.5 Å². The molecule has 1 atom stereocenters. The van der Waals surface area contributed by atoms with Gasteiger partial charge >= 0.3 is 0 Å². The van der Waals surface area contributed by atoms with E-state index in [0.29, 0.717) is 17.9 Å². The first-order valence-electron chi connectivity index (χ1n) is 10.6. The van der Waals surface area contributed by atoms with Crippen LogP contribution in [0.1, 0.15) is 24.8 Å². The van der Waals surface area contributed by atoms with Crippen molar-refractivity contribution in [2.45, 2.75) is 31.7 Å². The summed E-state index contributed by atoms with van der Waals surface area (Å²) in [7, 11) is 1.65. The van der Waals surface area contributed by atoms with Gasteiger partial charge in [-0.3, -0.25) is 9.89 Å². The van der Waals surface area contributed by atoms with Crippen LogP contribution in [0.5, 0.6) is 5.75 Å². The smallest absolute Gasteiger partial charge is 0.220 e. The number of nitrogens with zero attached hydrogens (tertiary/aromatic N) is 2. The van der Waals surface area contributed by atoms with Crippen LogP contribution in [0.25, 0.3) is 11.3 Å². The Hall–Kier alpha value is -2.99. The summed E-state index contributed by atoms with van der Waals surface area (Å²) in [5, 5.41) is 11.5. The number of carbonyl (C=O) groups excluding carboxylic acids is 1.